The standard InChI is InChI=1S/C14H21NO4/c16-13(12-6-3-7-19-12)15-10-5-2-1-4-9(10)8-11(15)14(17)18/h9-12H,1-8H2,(H,17,18)/t9?,10?,11?,12-/m0/s1. The van der Waals surface area contributed by atoms with E-state index in [-0.39, 0.29) is 11.9 Å². The molecule has 0 aromatic rings. The molecule has 0 radical (unpaired) electrons. The number of aliphatic carboxylic acids is 1. The van der Waals surface area contributed by atoms with Crippen LogP contribution in [0.1, 0.15) is 44.9 Å². The van der Waals surface area contributed by atoms with Crippen LogP contribution in [-0.4, -0.2) is 46.7 Å². The van der Waals surface area contributed by atoms with Crippen molar-refractivity contribution in [3.8, 4) is 0 Å². The minimum absolute atomic E-state index is 0.0840. The van der Waals surface area contributed by atoms with Gasteiger partial charge in [-0.05, 0) is 38.0 Å². The van der Waals surface area contributed by atoms with Gasteiger partial charge in [0.1, 0.15) is 12.1 Å². The highest BCUT2D eigenvalue weighted by molar-refractivity contribution is 5.87. The van der Waals surface area contributed by atoms with E-state index >= 15 is 0 Å². The summed E-state index contributed by atoms with van der Waals surface area (Å²) < 4.78 is 5.45. The van der Waals surface area contributed by atoms with Crippen LogP contribution in [0.15, 0.2) is 0 Å². The third kappa shape index (κ3) is 2.24. The molecule has 2 heterocycles. The molecule has 3 unspecified atom stereocenters. The summed E-state index contributed by atoms with van der Waals surface area (Å²) in [6.07, 6.45) is 6.13. The van der Waals surface area contributed by atoms with Gasteiger partial charge in [0.15, 0.2) is 0 Å². The maximum Gasteiger partial charge on any atom is 0.326 e. The van der Waals surface area contributed by atoms with Crippen LogP contribution in [0.3, 0.4) is 0 Å². The van der Waals surface area contributed by atoms with Gasteiger partial charge in [-0.25, -0.2) is 4.79 Å². The molecule has 1 aliphatic carbocycles. The number of fused-ring (bicyclic) bond motifs is 1. The number of carbonyl (C=O) groups is 2. The number of carboxylic acids is 1. The van der Waals surface area contributed by atoms with E-state index in [0.29, 0.717) is 18.9 Å². The fourth-order valence-corrected chi connectivity index (χ4v) is 3.94. The Hall–Kier alpha value is -1.10. The maximum atomic E-state index is 12.6. The van der Waals surface area contributed by atoms with Crippen molar-refractivity contribution in [1.82, 2.24) is 4.90 Å². The lowest BCUT2D eigenvalue weighted by Crippen LogP contribution is -2.50. The topological polar surface area (TPSA) is 66.8 Å². The summed E-state index contributed by atoms with van der Waals surface area (Å²) in [6, 6.07) is -0.503. The number of carboxylic acid groups (broad SMARTS) is 1. The van der Waals surface area contributed by atoms with Gasteiger partial charge in [-0.3, -0.25) is 4.79 Å². The number of carbonyl (C=O) groups excluding carboxylic acids is 1. The summed E-state index contributed by atoms with van der Waals surface area (Å²) in [5.74, 6) is -0.569. The summed E-state index contributed by atoms with van der Waals surface area (Å²) >= 11 is 0. The second-order valence-corrected chi connectivity index (χ2v) is 5.95. The third-order valence-corrected chi connectivity index (χ3v) is 4.83. The lowest BCUT2D eigenvalue weighted by molar-refractivity contribution is -0.154. The molecule has 1 N–H and O–H groups in total. The molecule has 19 heavy (non-hydrogen) atoms. The molecule has 106 valence electrons. The number of nitrogens with zero attached hydrogens (tertiary/aromatic N) is 1. The molecule has 4 atom stereocenters. The lowest BCUT2D eigenvalue weighted by Gasteiger charge is -2.34. The normalized spacial score (nSPS) is 38.2. The van der Waals surface area contributed by atoms with E-state index in [1.54, 1.807) is 4.90 Å². The number of hydrogen-bond donors (Lipinski definition) is 1. The molecule has 2 aliphatic heterocycles. The molecule has 3 rings (SSSR count). The van der Waals surface area contributed by atoms with Gasteiger partial charge in [-0.15, -0.1) is 0 Å². The monoisotopic (exact) mass is 267 g/mol. The number of amides is 1. The van der Waals surface area contributed by atoms with Crippen molar-refractivity contribution in [2.24, 2.45) is 5.92 Å². The second kappa shape index (κ2) is 5.12. The van der Waals surface area contributed by atoms with Crippen LogP contribution in [0, 0.1) is 5.92 Å². The number of hydrogen-bond acceptors (Lipinski definition) is 3. The van der Waals surface area contributed by atoms with Gasteiger partial charge in [0.2, 0.25) is 0 Å². The predicted molar refractivity (Wildman–Crippen MR) is 67.6 cm³/mol. The molecule has 0 aromatic carbocycles. The Bertz CT molecular complexity index is 378. The molecule has 1 amide bonds. The summed E-state index contributed by atoms with van der Waals surface area (Å²) in [6.45, 7) is 0.621. The zero-order valence-electron chi connectivity index (χ0n) is 11.1. The van der Waals surface area contributed by atoms with Crippen LogP contribution < -0.4 is 0 Å². The van der Waals surface area contributed by atoms with Crippen LogP contribution in [-0.2, 0) is 14.3 Å². The quantitative estimate of drug-likeness (QED) is 0.821. The van der Waals surface area contributed by atoms with Crippen LogP contribution in [0.2, 0.25) is 0 Å². The molecule has 0 spiro atoms. The van der Waals surface area contributed by atoms with E-state index in [0.717, 1.165) is 38.5 Å². The highest BCUT2D eigenvalue weighted by atomic mass is 16.5. The molecule has 0 bridgehead atoms. The van der Waals surface area contributed by atoms with E-state index in [1.807, 2.05) is 0 Å². The Morgan fingerprint density at radius 2 is 1.89 bits per heavy atom. The maximum absolute atomic E-state index is 12.6. The number of ether oxygens (including phenoxy) is 1. The minimum atomic E-state index is -0.860. The van der Waals surface area contributed by atoms with Gasteiger partial charge in [0, 0.05) is 12.6 Å². The van der Waals surface area contributed by atoms with Crippen LogP contribution in [0.25, 0.3) is 0 Å². The number of rotatable bonds is 2. The van der Waals surface area contributed by atoms with Crippen LogP contribution >= 0.6 is 0 Å². The molecule has 0 aromatic heterocycles. The molecule has 1 saturated carbocycles. The molecular formula is C14H21NO4. The zero-order valence-corrected chi connectivity index (χ0v) is 11.1. The van der Waals surface area contributed by atoms with Crippen LogP contribution in [0.5, 0.6) is 0 Å². The second-order valence-electron chi connectivity index (χ2n) is 5.95. The highest BCUT2D eigenvalue weighted by Crippen LogP contribution is 2.40. The summed E-state index contributed by atoms with van der Waals surface area (Å²) in [7, 11) is 0. The van der Waals surface area contributed by atoms with Crippen molar-refractivity contribution in [2.75, 3.05) is 6.61 Å². The molecule has 5 heteroatoms. The Balaban J connectivity index is 1.81. The lowest BCUT2D eigenvalue weighted by atomic mass is 9.84. The Morgan fingerprint density at radius 1 is 1.11 bits per heavy atom. The predicted octanol–water partition coefficient (Wildman–Crippen LogP) is 1.41. The molecule has 5 nitrogen and oxygen atoms in total. The first-order valence-corrected chi connectivity index (χ1v) is 7.35. The smallest absolute Gasteiger partial charge is 0.326 e. The van der Waals surface area contributed by atoms with Gasteiger partial charge in [0.25, 0.3) is 5.91 Å². The first-order valence-electron chi connectivity index (χ1n) is 7.35. The van der Waals surface area contributed by atoms with Crippen LogP contribution in [0.4, 0.5) is 0 Å². The minimum Gasteiger partial charge on any atom is -0.480 e. The van der Waals surface area contributed by atoms with Crippen molar-refractivity contribution in [3.05, 3.63) is 0 Å². The first kappa shape index (κ1) is 12.9. The van der Waals surface area contributed by atoms with Crippen molar-refractivity contribution < 1.29 is 19.4 Å². The fraction of sp³-hybridized carbons (Fsp3) is 0.857. The third-order valence-electron chi connectivity index (χ3n) is 4.83. The van der Waals surface area contributed by atoms with E-state index < -0.39 is 18.1 Å². The Kier molecular flexibility index (Phi) is 3.48. The zero-order chi connectivity index (χ0) is 13.4. The largest absolute Gasteiger partial charge is 0.480 e. The van der Waals surface area contributed by atoms with Crippen molar-refractivity contribution >= 4 is 11.9 Å². The summed E-state index contributed by atoms with van der Waals surface area (Å²) in [5.41, 5.74) is 0. The van der Waals surface area contributed by atoms with Gasteiger partial charge in [-0.2, -0.15) is 0 Å². The van der Waals surface area contributed by atoms with Gasteiger partial charge in [-0.1, -0.05) is 12.8 Å². The average Bonchev–Trinajstić information content (AvgIpc) is 3.05. The van der Waals surface area contributed by atoms with E-state index in [1.165, 1.54) is 0 Å². The average molecular weight is 267 g/mol. The van der Waals surface area contributed by atoms with Gasteiger partial charge < -0.3 is 14.7 Å². The molecule has 2 saturated heterocycles. The van der Waals surface area contributed by atoms with Gasteiger partial charge >= 0.3 is 5.97 Å². The van der Waals surface area contributed by atoms with Crippen molar-refractivity contribution in [3.63, 3.8) is 0 Å². The van der Waals surface area contributed by atoms with Crippen molar-refractivity contribution in [1.29, 1.82) is 0 Å². The van der Waals surface area contributed by atoms with E-state index in [4.69, 9.17) is 4.74 Å². The molecular weight excluding hydrogens is 246 g/mol. The summed E-state index contributed by atoms with van der Waals surface area (Å²) in [5, 5.41) is 9.39. The van der Waals surface area contributed by atoms with E-state index in [2.05, 4.69) is 0 Å². The van der Waals surface area contributed by atoms with Gasteiger partial charge in [0.05, 0.1) is 0 Å². The fourth-order valence-electron chi connectivity index (χ4n) is 3.94. The Labute approximate surface area is 112 Å². The molecule has 3 aliphatic rings. The molecule has 3 fully saturated rings. The summed E-state index contributed by atoms with van der Waals surface area (Å²) in [4.78, 5) is 25.6. The number of likely N-dealkylation sites (tertiary alicyclic amines) is 1. The van der Waals surface area contributed by atoms with E-state index in [9.17, 15) is 14.7 Å². The van der Waals surface area contributed by atoms with Crippen molar-refractivity contribution in [2.45, 2.75) is 63.1 Å². The Morgan fingerprint density at radius 3 is 2.58 bits per heavy atom. The first-order chi connectivity index (χ1) is 9.18. The highest BCUT2D eigenvalue weighted by Gasteiger charge is 2.49. The SMILES string of the molecule is O=C(O)C1CC2CCCCC2N1C(=O)[C@@H]1CCCO1.